The van der Waals surface area contributed by atoms with Gasteiger partial charge >= 0.3 is 6.18 Å². The maximum absolute atomic E-state index is 12.2. The zero-order valence-corrected chi connectivity index (χ0v) is 14.4. The molecule has 1 aromatic rings. The van der Waals surface area contributed by atoms with E-state index in [9.17, 15) is 22.8 Å². The van der Waals surface area contributed by atoms with Crippen molar-refractivity contribution in [2.75, 3.05) is 26.2 Å². The molecule has 0 spiro atoms. The van der Waals surface area contributed by atoms with Gasteiger partial charge in [0, 0.05) is 25.2 Å². The van der Waals surface area contributed by atoms with Gasteiger partial charge in [-0.05, 0) is 13.0 Å². The van der Waals surface area contributed by atoms with Gasteiger partial charge in [0.15, 0.2) is 0 Å². The highest BCUT2D eigenvalue weighted by atomic mass is 19.4. The SMILES string of the molecule is CCOc1ccccc1CN1CCNC(=O)[C@@H]1CC(=O)NCC(F)(F)F. The molecule has 1 atom stereocenters. The Morgan fingerprint density at radius 3 is 2.81 bits per heavy atom. The number of alkyl halides is 3. The summed E-state index contributed by atoms with van der Waals surface area (Å²) in [4.78, 5) is 25.8. The van der Waals surface area contributed by atoms with E-state index in [2.05, 4.69) is 5.32 Å². The van der Waals surface area contributed by atoms with Crippen LogP contribution in [0.5, 0.6) is 5.75 Å². The van der Waals surface area contributed by atoms with Crippen molar-refractivity contribution in [3.8, 4) is 5.75 Å². The molecule has 0 radical (unpaired) electrons. The van der Waals surface area contributed by atoms with Crippen LogP contribution in [-0.4, -0.2) is 55.2 Å². The van der Waals surface area contributed by atoms with Crippen molar-refractivity contribution in [2.45, 2.75) is 32.1 Å². The van der Waals surface area contributed by atoms with Gasteiger partial charge in [-0.2, -0.15) is 13.2 Å². The number of rotatable bonds is 7. The van der Waals surface area contributed by atoms with Gasteiger partial charge < -0.3 is 15.4 Å². The Kier molecular flexibility index (Phi) is 6.84. The molecular weight excluding hydrogens is 351 g/mol. The van der Waals surface area contributed by atoms with Gasteiger partial charge in [-0.15, -0.1) is 0 Å². The van der Waals surface area contributed by atoms with Gasteiger partial charge in [-0.3, -0.25) is 14.5 Å². The Morgan fingerprint density at radius 1 is 1.38 bits per heavy atom. The third-order valence-electron chi connectivity index (χ3n) is 3.95. The number of hydrogen-bond acceptors (Lipinski definition) is 4. The van der Waals surface area contributed by atoms with E-state index in [0.717, 1.165) is 5.56 Å². The average molecular weight is 373 g/mol. The fraction of sp³-hybridized carbons (Fsp3) is 0.529. The molecular formula is C17H22F3N3O3. The summed E-state index contributed by atoms with van der Waals surface area (Å²) in [5.74, 6) is -0.499. The van der Waals surface area contributed by atoms with E-state index < -0.39 is 24.7 Å². The molecule has 144 valence electrons. The number of amides is 2. The molecule has 26 heavy (non-hydrogen) atoms. The van der Waals surface area contributed by atoms with Gasteiger partial charge in [-0.1, -0.05) is 18.2 Å². The van der Waals surface area contributed by atoms with Crippen molar-refractivity contribution >= 4 is 11.8 Å². The van der Waals surface area contributed by atoms with Crippen molar-refractivity contribution in [1.82, 2.24) is 15.5 Å². The summed E-state index contributed by atoms with van der Waals surface area (Å²) in [6, 6.07) is 6.52. The van der Waals surface area contributed by atoms with Crippen LogP contribution in [0.1, 0.15) is 18.9 Å². The second kappa shape index (κ2) is 8.88. The summed E-state index contributed by atoms with van der Waals surface area (Å²) < 4.78 is 42.3. The molecule has 0 aromatic heterocycles. The lowest BCUT2D eigenvalue weighted by molar-refractivity contribution is -0.141. The van der Waals surface area contributed by atoms with Crippen molar-refractivity contribution in [2.24, 2.45) is 0 Å². The van der Waals surface area contributed by atoms with Crippen LogP contribution in [-0.2, 0) is 16.1 Å². The fourth-order valence-electron chi connectivity index (χ4n) is 2.77. The first-order valence-corrected chi connectivity index (χ1v) is 8.36. The molecule has 9 heteroatoms. The number of halogens is 3. The second-order valence-electron chi connectivity index (χ2n) is 5.91. The quantitative estimate of drug-likeness (QED) is 0.759. The maximum Gasteiger partial charge on any atom is 0.405 e. The standard InChI is InChI=1S/C17H22F3N3O3/c1-2-26-14-6-4-3-5-12(14)10-23-8-7-21-16(25)13(23)9-15(24)22-11-17(18,19)20/h3-6,13H,2,7-11H2,1H3,(H,21,25)(H,22,24)/t13-/m0/s1. The fourth-order valence-corrected chi connectivity index (χ4v) is 2.77. The van der Waals surface area contributed by atoms with E-state index >= 15 is 0 Å². The number of ether oxygens (including phenoxy) is 1. The van der Waals surface area contributed by atoms with Crippen LogP contribution in [0.3, 0.4) is 0 Å². The number of hydrogen-bond donors (Lipinski definition) is 2. The summed E-state index contributed by atoms with van der Waals surface area (Å²) >= 11 is 0. The number of nitrogens with one attached hydrogen (secondary N) is 2. The minimum absolute atomic E-state index is 0.335. The number of carbonyl (C=O) groups is 2. The normalized spacial score (nSPS) is 18.3. The summed E-state index contributed by atoms with van der Waals surface area (Å²) in [6.07, 6.45) is -4.82. The molecule has 1 aromatic carbocycles. The highest BCUT2D eigenvalue weighted by Crippen LogP contribution is 2.22. The maximum atomic E-state index is 12.2. The zero-order valence-electron chi connectivity index (χ0n) is 14.4. The van der Waals surface area contributed by atoms with E-state index in [0.29, 0.717) is 32.0 Å². The van der Waals surface area contributed by atoms with Crippen LogP contribution in [0.25, 0.3) is 0 Å². The lowest BCUT2D eigenvalue weighted by Crippen LogP contribution is -2.56. The van der Waals surface area contributed by atoms with Crippen LogP contribution >= 0.6 is 0 Å². The van der Waals surface area contributed by atoms with E-state index in [1.165, 1.54) is 0 Å². The van der Waals surface area contributed by atoms with Crippen LogP contribution in [0.15, 0.2) is 24.3 Å². The van der Waals surface area contributed by atoms with Crippen molar-refractivity contribution < 1.29 is 27.5 Å². The lowest BCUT2D eigenvalue weighted by atomic mass is 10.1. The number of nitrogens with zero attached hydrogens (tertiary/aromatic N) is 1. The van der Waals surface area contributed by atoms with Crippen molar-refractivity contribution in [3.05, 3.63) is 29.8 Å². The smallest absolute Gasteiger partial charge is 0.405 e. The molecule has 1 aliphatic heterocycles. The minimum Gasteiger partial charge on any atom is -0.494 e. The summed E-state index contributed by atoms with van der Waals surface area (Å²) in [5.41, 5.74) is 0.852. The Labute approximate surface area is 149 Å². The van der Waals surface area contributed by atoms with Crippen LogP contribution in [0.4, 0.5) is 13.2 Å². The Morgan fingerprint density at radius 2 is 2.12 bits per heavy atom. The molecule has 1 saturated heterocycles. The molecule has 1 aliphatic rings. The van der Waals surface area contributed by atoms with E-state index in [-0.39, 0.29) is 12.3 Å². The predicted octanol–water partition coefficient (Wildman–Crippen LogP) is 1.45. The van der Waals surface area contributed by atoms with E-state index in [1.54, 1.807) is 4.90 Å². The van der Waals surface area contributed by atoms with E-state index in [4.69, 9.17) is 4.74 Å². The van der Waals surface area contributed by atoms with Crippen LogP contribution in [0, 0.1) is 0 Å². The highest BCUT2D eigenvalue weighted by molar-refractivity contribution is 5.88. The van der Waals surface area contributed by atoms with Gasteiger partial charge in [0.1, 0.15) is 12.3 Å². The Hall–Kier alpha value is -2.29. The molecule has 2 rings (SSSR count). The number of para-hydroxylation sites is 1. The first-order valence-electron chi connectivity index (χ1n) is 8.36. The first-order chi connectivity index (χ1) is 12.3. The zero-order chi connectivity index (χ0) is 19.2. The molecule has 0 saturated carbocycles. The molecule has 2 amide bonds. The molecule has 0 unspecified atom stereocenters. The Balaban J connectivity index is 2.06. The molecule has 1 heterocycles. The largest absolute Gasteiger partial charge is 0.494 e. The Bertz CT molecular complexity index is 637. The van der Waals surface area contributed by atoms with Crippen LogP contribution < -0.4 is 15.4 Å². The number of carbonyl (C=O) groups excluding carboxylic acids is 2. The minimum atomic E-state index is -4.49. The summed E-state index contributed by atoms with van der Waals surface area (Å²) in [6.45, 7) is 2.20. The highest BCUT2D eigenvalue weighted by Gasteiger charge is 2.33. The van der Waals surface area contributed by atoms with Crippen molar-refractivity contribution in [3.63, 3.8) is 0 Å². The predicted molar refractivity (Wildman–Crippen MR) is 88.5 cm³/mol. The summed E-state index contributed by atoms with van der Waals surface area (Å²) in [7, 11) is 0. The van der Waals surface area contributed by atoms with Crippen LogP contribution in [0.2, 0.25) is 0 Å². The average Bonchev–Trinajstić information content (AvgIpc) is 2.57. The molecule has 2 N–H and O–H groups in total. The van der Waals surface area contributed by atoms with Gasteiger partial charge in [0.2, 0.25) is 11.8 Å². The third-order valence-corrected chi connectivity index (χ3v) is 3.95. The third kappa shape index (κ3) is 5.91. The number of benzene rings is 1. The first kappa shape index (κ1) is 20.0. The van der Waals surface area contributed by atoms with Gasteiger partial charge in [-0.25, -0.2) is 0 Å². The molecule has 0 aliphatic carbocycles. The lowest BCUT2D eigenvalue weighted by Gasteiger charge is -2.35. The number of piperazine rings is 1. The second-order valence-corrected chi connectivity index (χ2v) is 5.91. The van der Waals surface area contributed by atoms with Gasteiger partial charge in [0.25, 0.3) is 0 Å². The monoisotopic (exact) mass is 373 g/mol. The molecule has 1 fully saturated rings. The molecule has 6 nitrogen and oxygen atoms in total. The topological polar surface area (TPSA) is 70.7 Å². The van der Waals surface area contributed by atoms with Gasteiger partial charge in [0.05, 0.1) is 19.1 Å². The summed E-state index contributed by atoms with van der Waals surface area (Å²) in [5, 5.41) is 4.46. The van der Waals surface area contributed by atoms with E-state index in [1.807, 2.05) is 36.5 Å². The molecule has 0 bridgehead atoms. The van der Waals surface area contributed by atoms with Crippen molar-refractivity contribution in [1.29, 1.82) is 0 Å².